The average molecular weight is 358 g/mol. The van der Waals surface area contributed by atoms with Crippen LogP contribution in [0.4, 0.5) is 10.5 Å². The summed E-state index contributed by atoms with van der Waals surface area (Å²) in [5, 5.41) is 0. The van der Waals surface area contributed by atoms with Crippen molar-refractivity contribution in [2.45, 2.75) is 19.6 Å². The number of nitrogens with two attached hydrogens (primary N) is 1. The number of nitrogen functional groups attached to an aromatic ring is 1. The summed E-state index contributed by atoms with van der Waals surface area (Å²) in [7, 11) is 0. The molecule has 0 saturated heterocycles. The molecule has 2 N–H and O–H groups in total. The van der Waals surface area contributed by atoms with Crippen LogP contribution in [0.25, 0.3) is 11.1 Å². The first kappa shape index (κ1) is 17.2. The van der Waals surface area contributed by atoms with Crippen molar-refractivity contribution in [2.75, 3.05) is 12.3 Å². The molecule has 3 aromatic rings. The van der Waals surface area contributed by atoms with Crippen molar-refractivity contribution < 1.29 is 9.53 Å². The molecule has 27 heavy (non-hydrogen) atoms. The molecule has 0 spiro atoms. The predicted octanol–water partition coefficient (Wildman–Crippen LogP) is 4.63. The molecular formula is C23H22N2O2. The van der Waals surface area contributed by atoms with Gasteiger partial charge in [-0.25, -0.2) is 4.79 Å². The molecule has 0 saturated carbocycles. The van der Waals surface area contributed by atoms with Gasteiger partial charge in [-0.2, -0.15) is 0 Å². The van der Waals surface area contributed by atoms with Gasteiger partial charge < -0.3 is 15.4 Å². The van der Waals surface area contributed by atoms with Gasteiger partial charge in [-0.1, -0.05) is 66.7 Å². The molecule has 1 aliphatic heterocycles. The van der Waals surface area contributed by atoms with E-state index in [1.165, 1.54) is 5.56 Å². The molecule has 0 aromatic heterocycles. The summed E-state index contributed by atoms with van der Waals surface area (Å²) in [6.45, 7) is 1.54. The van der Waals surface area contributed by atoms with E-state index in [1.54, 1.807) is 4.90 Å². The third-order valence-corrected chi connectivity index (χ3v) is 4.95. The number of amides is 1. The fourth-order valence-corrected chi connectivity index (χ4v) is 3.45. The van der Waals surface area contributed by atoms with E-state index in [4.69, 9.17) is 10.5 Å². The molecule has 4 heteroatoms. The highest BCUT2D eigenvalue weighted by molar-refractivity contribution is 5.77. The Labute approximate surface area is 159 Å². The normalized spacial score (nSPS) is 13.1. The standard InChI is InChI=1S/C23H22N2O2/c24-22-9-5-4-8-21(22)19-10-11-20-15-25(13-12-18(20)14-19)23(26)27-16-17-6-2-1-3-7-17/h1-11,14H,12-13,15-16,24H2. The molecule has 136 valence electrons. The van der Waals surface area contributed by atoms with Crippen molar-refractivity contribution in [1.29, 1.82) is 0 Å². The van der Waals surface area contributed by atoms with Gasteiger partial charge in [0.25, 0.3) is 0 Å². The van der Waals surface area contributed by atoms with Crippen LogP contribution in [0.15, 0.2) is 72.8 Å². The molecule has 0 unspecified atom stereocenters. The Morgan fingerprint density at radius 3 is 2.56 bits per heavy atom. The van der Waals surface area contributed by atoms with E-state index >= 15 is 0 Å². The Balaban J connectivity index is 1.44. The van der Waals surface area contributed by atoms with E-state index in [9.17, 15) is 4.79 Å². The first-order chi connectivity index (χ1) is 13.2. The number of hydrogen-bond donors (Lipinski definition) is 1. The van der Waals surface area contributed by atoms with Crippen LogP contribution in [0, 0.1) is 0 Å². The van der Waals surface area contributed by atoms with E-state index in [1.807, 2.05) is 54.6 Å². The first-order valence-corrected chi connectivity index (χ1v) is 9.13. The lowest BCUT2D eigenvalue weighted by molar-refractivity contribution is 0.0919. The second-order valence-corrected chi connectivity index (χ2v) is 6.78. The second kappa shape index (κ2) is 7.54. The number of para-hydroxylation sites is 1. The number of ether oxygens (including phenoxy) is 1. The van der Waals surface area contributed by atoms with E-state index in [2.05, 4.69) is 18.2 Å². The van der Waals surface area contributed by atoms with Gasteiger partial charge in [0.05, 0.1) is 0 Å². The summed E-state index contributed by atoms with van der Waals surface area (Å²) in [5.74, 6) is 0. The Bertz CT molecular complexity index is 954. The number of hydrogen-bond acceptors (Lipinski definition) is 3. The van der Waals surface area contributed by atoms with Crippen molar-refractivity contribution in [3.63, 3.8) is 0 Å². The molecule has 0 bridgehead atoms. The smallest absolute Gasteiger partial charge is 0.410 e. The number of rotatable bonds is 3. The summed E-state index contributed by atoms with van der Waals surface area (Å²) in [6, 6.07) is 24.0. The predicted molar refractivity (Wildman–Crippen MR) is 107 cm³/mol. The van der Waals surface area contributed by atoms with Gasteiger partial charge in [0.2, 0.25) is 0 Å². The zero-order chi connectivity index (χ0) is 18.6. The third-order valence-electron chi connectivity index (χ3n) is 4.95. The Morgan fingerprint density at radius 1 is 0.963 bits per heavy atom. The third kappa shape index (κ3) is 3.80. The zero-order valence-corrected chi connectivity index (χ0v) is 15.1. The number of fused-ring (bicyclic) bond motifs is 1. The number of anilines is 1. The quantitative estimate of drug-likeness (QED) is 0.695. The molecule has 3 aromatic carbocycles. The summed E-state index contributed by atoms with van der Waals surface area (Å²) >= 11 is 0. The van der Waals surface area contributed by atoms with E-state index in [0.29, 0.717) is 19.7 Å². The summed E-state index contributed by atoms with van der Waals surface area (Å²) in [4.78, 5) is 14.2. The highest BCUT2D eigenvalue weighted by atomic mass is 16.6. The van der Waals surface area contributed by atoms with Crippen molar-refractivity contribution in [3.8, 4) is 11.1 Å². The number of nitrogens with zero attached hydrogens (tertiary/aromatic N) is 1. The van der Waals surface area contributed by atoms with Gasteiger partial charge in [0, 0.05) is 24.3 Å². The summed E-state index contributed by atoms with van der Waals surface area (Å²) in [5.41, 5.74) is 12.5. The van der Waals surface area contributed by atoms with Gasteiger partial charge in [-0.3, -0.25) is 0 Å². The summed E-state index contributed by atoms with van der Waals surface area (Å²) < 4.78 is 5.46. The zero-order valence-electron chi connectivity index (χ0n) is 15.1. The molecule has 1 amide bonds. The maximum atomic E-state index is 12.4. The maximum absolute atomic E-state index is 12.4. The molecule has 0 fully saturated rings. The Morgan fingerprint density at radius 2 is 1.74 bits per heavy atom. The summed E-state index contributed by atoms with van der Waals surface area (Å²) in [6.07, 6.45) is 0.553. The van der Waals surface area contributed by atoms with Crippen LogP contribution in [-0.2, 0) is 24.3 Å². The Kier molecular flexibility index (Phi) is 4.79. The molecular weight excluding hydrogens is 336 g/mol. The largest absolute Gasteiger partial charge is 0.445 e. The SMILES string of the molecule is Nc1ccccc1-c1ccc2c(c1)CCN(C(=O)OCc1ccccc1)C2. The average Bonchev–Trinajstić information content (AvgIpc) is 2.72. The Hall–Kier alpha value is -3.27. The van der Waals surface area contributed by atoms with E-state index in [0.717, 1.165) is 34.4 Å². The lowest BCUT2D eigenvalue weighted by Crippen LogP contribution is -2.36. The fraction of sp³-hybridized carbons (Fsp3) is 0.174. The highest BCUT2D eigenvalue weighted by Crippen LogP contribution is 2.29. The number of carbonyl (C=O) groups is 1. The lowest BCUT2D eigenvalue weighted by Gasteiger charge is -2.28. The minimum absolute atomic E-state index is 0.263. The van der Waals surface area contributed by atoms with Crippen molar-refractivity contribution in [3.05, 3.63) is 89.5 Å². The molecule has 4 rings (SSSR count). The van der Waals surface area contributed by atoms with Gasteiger partial charge in [-0.15, -0.1) is 0 Å². The van der Waals surface area contributed by atoms with Crippen LogP contribution >= 0.6 is 0 Å². The van der Waals surface area contributed by atoms with Gasteiger partial charge in [0.15, 0.2) is 0 Å². The monoisotopic (exact) mass is 358 g/mol. The van der Waals surface area contributed by atoms with Crippen molar-refractivity contribution in [2.24, 2.45) is 0 Å². The van der Waals surface area contributed by atoms with Crippen LogP contribution in [0.1, 0.15) is 16.7 Å². The number of carbonyl (C=O) groups excluding carboxylic acids is 1. The molecule has 4 nitrogen and oxygen atoms in total. The molecule has 0 atom stereocenters. The highest BCUT2D eigenvalue weighted by Gasteiger charge is 2.22. The molecule has 1 aliphatic rings. The topological polar surface area (TPSA) is 55.6 Å². The lowest BCUT2D eigenvalue weighted by atomic mass is 9.94. The van der Waals surface area contributed by atoms with Gasteiger partial charge in [0.1, 0.15) is 6.61 Å². The van der Waals surface area contributed by atoms with E-state index in [-0.39, 0.29) is 6.09 Å². The molecule has 0 radical (unpaired) electrons. The number of benzene rings is 3. The van der Waals surface area contributed by atoms with Crippen LogP contribution in [0.2, 0.25) is 0 Å². The van der Waals surface area contributed by atoms with Crippen LogP contribution in [0.5, 0.6) is 0 Å². The first-order valence-electron chi connectivity index (χ1n) is 9.13. The van der Waals surface area contributed by atoms with Crippen LogP contribution in [-0.4, -0.2) is 17.5 Å². The van der Waals surface area contributed by atoms with Crippen LogP contribution < -0.4 is 5.73 Å². The molecule has 1 heterocycles. The maximum Gasteiger partial charge on any atom is 0.410 e. The van der Waals surface area contributed by atoms with Gasteiger partial charge >= 0.3 is 6.09 Å². The minimum atomic E-state index is -0.263. The fourth-order valence-electron chi connectivity index (χ4n) is 3.45. The molecule has 0 aliphatic carbocycles. The second-order valence-electron chi connectivity index (χ2n) is 6.78. The van der Waals surface area contributed by atoms with E-state index < -0.39 is 0 Å². The van der Waals surface area contributed by atoms with Crippen LogP contribution in [0.3, 0.4) is 0 Å². The van der Waals surface area contributed by atoms with Crippen molar-refractivity contribution in [1.82, 2.24) is 4.90 Å². The van der Waals surface area contributed by atoms with Crippen molar-refractivity contribution >= 4 is 11.8 Å². The van der Waals surface area contributed by atoms with Gasteiger partial charge in [-0.05, 0) is 34.7 Å². The minimum Gasteiger partial charge on any atom is -0.445 e.